The first-order chi connectivity index (χ1) is 3.27. The molecule has 6 heavy (non-hydrogen) atoms. The highest BCUT2D eigenvalue weighted by Crippen LogP contribution is 1.94. The molecular formula is CH2IN2PS. The molecule has 0 spiro atoms. The number of hydrogen-bond acceptors (Lipinski definition) is 2. The normalized spacial score (nSPS) is 13.8. The molecule has 0 heterocycles. The summed E-state index contributed by atoms with van der Waals surface area (Å²) >= 11 is 6.37. The highest BCUT2D eigenvalue weighted by molar-refractivity contribution is 14.1. The average molecular weight is 234 g/mol. The molecule has 0 rings (SSSR count). The molecule has 0 aromatic rings. The number of nitrogens with zero attached hydrogens (tertiary/aromatic N) is 2. The molecule has 0 aliphatic heterocycles. The van der Waals surface area contributed by atoms with Gasteiger partial charge < -0.3 is 0 Å². The summed E-state index contributed by atoms with van der Waals surface area (Å²) < 4.78 is 6.96. The average Bonchev–Trinajstić information content (AvgIpc) is 1.61. The molecule has 2 nitrogen and oxygen atoms in total. The van der Waals surface area contributed by atoms with Crippen molar-refractivity contribution in [2.75, 3.05) is 0 Å². The summed E-state index contributed by atoms with van der Waals surface area (Å²) in [6, 6.07) is 0. The van der Waals surface area contributed by atoms with Crippen LogP contribution < -0.4 is 0 Å². The van der Waals surface area contributed by atoms with Crippen LogP contribution in [-0.4, -0.2) is 4.27 Å². The van der Waals surface area contributed by atoms with Crippen LogP contribution in [0, 0.1) is 0 Å². The predicted molar refractivity (Wildman–Crippen MR) is 41.2 cm³/mol. The Bertz CT molecular complexity index is 95.7. The fourth-order valence-corrected chi connectivity index (χ4v) is 0.564. The minimum Gasteiger partial charge on any atom is -0.171 e. The second kappa shape index (κ2) is 4.02. The van der Waals surface area contributed by atoms with Gasteiger partial charge in [-0.15, -0.1) is 5.11 Å². The van der Waals surface area contributed by atoms with E-state index < -0.39 is 0 Å². The zero-order chi connectivity index (χ0) is 5.70. The molecule has 0 N–H and O–H groups in total. The number of rotatable bonds is 1. The standard InChI is InChI=1S/CH2IN2PS/c2-1(6)3-4-5/h5H2/i5T. The van der Waals surface area contributed by atoms with Gasteiger partial charge in [0, 0.05) is 9.34 Å². The minimum absolute atomic E-state index is 0.233. The van der Waals surface area contributed by atoms with Crippen LogP contribution in [0.5, 0.6) is 0 Å². The highest BCUT2D eigenvalue weighted by atomic mass is 127. The molecule has 0 saturated heterocycles. The van der Waals surface area contributed by atoms with Crippen LogP contribution >= 0.6 is 44.1 Å². The van der Waals surface area contributed by atoms with Gasteiger partial charge in [0.2, 0.25) is 0 Å². The van der Waals surface area contributed by atoms with Crippen molar-refractivity contribution in [3.05, 3.63) is 0 Å². The lowest BCUT2D eigenvalue weighted by molar-refractivity contribution is 1.48. The molecule has 0 aromatic carbocycles. The van der Waals surface area contributed by atoms with E-state index in [4.69, 9.17) is 1.28 Å². The van der Waals surface area contributed by atoms with Gasteiger partial charge in [-0.2, -0.15) is 4.88 Å². The molecule has 0 saturated carbocycles. The summed E-state index contributed by atoms with van der Waals surface area (Å²) in [5.74, 6) is 0. The minimum atomic E-state index is -0.233. The van der Waals surface area contributed by atoms with Crippen molar-refractivity contribution < 1.29 is 0 Å². The van der Waals surface area contributed by atoms with Crippen LogP contribution in [0.3, 0.4) is 0 Å². The van der Waals surface area contributed by atoms with Crippen LogP contribution in [0.15, 0.2) is 10.00 Å². The maximum absolute atomic E-state index is 6.50. The van der Waals surface area contributed by atoms with Crippen molar-refractivity contribution >= 4 is 47.1 Å². The van der Waals surface area contributed by atoms with E-state index in [2.05, 4.69) is 22.2 Å². The molecule has 0 bridgehead atoms. The van der Waals surface area contributed by atoms with E-state index in [1.807, 2.05) is 22.6 Å². The SMILES string of the molecule is [3H]PN=NC(=S)I. The summed E-state index contributed by atoms with van der Waals surface area (Å²) in [6.45, 7) is 0. The first-order valence-electron chi connectivity index (χ1n) is 1.54. The maximum atomic E-state index is 6.50. The van der Waals surface area contributed by atoms with Crippen LogP contribution in [-0.2, 0) is 0 Å². The molecule has 1 atom stereocenters. The molecule has 1 unspecified atom stereocenters. The topological polar surface area (TPSA) is 24.7 Å². The zero-order valence-electron chi connectivity index (χ0n) is 3.68. The smallest absolute Gasteiger partial charge is 0.171 e. The molecule has 0 amide bonds. The third-order valence-corrected chi connectivity index (χ3v) is 0.526. The maximum Gasteiger partial charge on any atom is 0.186 e. The van der Waals surface area contributed by atoms with E-state index in [1.165, 1.54) is 0 Å². The molecule has 0 aromatic heterocycles. The van der Waals surface area contributed by atoms with Gasteiger partial charge in [0.05, 0.1) is 1.28 Å². The molecule has 0 fully saturated rings. The Morgan fingerprint density at radius 3 is 3.00 bits per heavy atom. The quantitative estimate of drug-likeness (QED) is 0.170. The van der Waals surface area contributed by atoms with Crippen LogP contribution in [0.4, 0.5) is 0 Å². The summed E-state index contributed by atoms with van der Waals surface area (Å²) in [5.41, 5.74) is 0. The van der Waals surface area contributed by atoms with Gasteiger partial charge in [-0.05, 0) is 34.8 Å². The Labute approximate surface area is 58.5 Å². The van der Waals surface area contributed by atoms with Crippen molar-refractivity contribution in [1.29, 1.82) is 1.28 Å². The van der Waals surface area contributed by atoms with Crippen LogP contribution in [0.2, 0.25) is 0 Å². The Kier molecular flexibility index (Phi) is 3.35. The lowest BCUT2D eigenvalue weighted by atomic mass is 11.5. The van der Waals surface area contributed by atoms with E-state index in [-0.39, 0.29) is 9.34 Å². The van der Waals surface area contributed by atoms with Gasteiger partial charge in [-0.3, -0.25) is 0 Å². The molecule has 5 heteroatoms. The molecule has 0 aliphatic carbocycles. The largest absolute Gasteiger partial charge is 0.186 e. The number of hydrogen-bond donors (Lipinski definition) is 0. The van der Waals surface area contributed by atoms with Crippen molar-refractivity contribution in [3.8, 4) is 0 Å². The fourth-order valence-electron chi connectivity index (χ4n) is 0.0393. The van der Waals surface area contributed by atoms with E-state index in [0.717, 1.165) is 0 Å². The van der Waals surface area contributed by atoms with Crippen LogP contribution in [0.25, 0.3) is 0 Å². The molecular weight excluding hydrogens is 230 g/mol. The Morgan fingerprint density at radius 1 is 2.17 bits per heavy atom. The third-order valence-electron chi connectivity index (χ3n) is 0.129. The van der Waals surface area contributed by atoms with Gasteiger partial charge in [0.15, 0.2) is 3.00 Å². The van der Waals surface area contributed by atoms with Gasteiger partial charge in [-0.25, -0.2) is 0 Å². The number of thiocarbonyl (C=S) groups is 1. The van der Waals surface area contributed by atoms with Crippen molar-refractivity contribution in [2.45, 2.75) is 0 Å². The van der Waals surface area contributed by atoms with Crippen molar-refractivity contribution in [3.63, 3.8) is 0 Å². The summed E-state index contributed by atoms with van der Waals surface area (Å²) in [5, 5.41) is 3.41. The predicted octanol–water partition coefficient (Wildman–Crippen LogP) is 1.95. The number of halogens is 1. The van der Waals surface area contributed by atoms with E-state index >= 15 is 0 Å². The van der Waals surface area contributed by atoms with Gasteiger partial charge in [0.25, 0.3) is 0 Å². The highest BCUT2D eigenvalue weighted by Gasteiger charge is 1.73. The second-order valence-electron chi connectivity index (χ2n) is 0.453. The summed E-state index contributed by atoms with van der Waals surface area (Å²) in [6.07, 6.45) is 0. The van der Waals surface area contributed by atoms with Gasteiger partial charge >= 0.3 is 0 Å². The van der Waals surface area contributed by atoms with Crippen molar-refractivity contribution in [1.82, 2.24) is 0 Å². The molecule has 0 radical (unpaired) electrons. The second-order valence-corrected chi connectivity index (χ2v) is 2.79. The van der Waals surface area contributed by atoms with Gasteiger partial charge in [0.1, 0.15) is 0 Å². The lowest BCUT2D eigenvalue weighted by Gasteiger charge is -1.69. The van der Waals surface area contributed by atoms with Crippen molar-refractivity contribution in [2.24, 2.45) is 10.00 Å². The monoisotopic (exact) mass is 234 g/mol. The molecule has 34 valence electrons. The first kappa shape index (κ1) is 5.00. The Hall–Kier alpha value is 0.850. The Morgan fingerprint density at radius 2 is 2.83 bits per heavy atom. The summed E-state index contributed by atoms with van der Waals surface area (Å²) in [7, 11) is -0.233. The van der Waals surface area contributed by atoms with E-state index in [9.17, 15) is 0 Å². The lowest BCUT2D eigenvalue weighted by Crippen LogP contribution is -1.60. The van der Waals surface area contributed by atoms with E-state index in [1.54, 1.807) is 0 Å². The summed E-state index contributed by atoms with van der Waals surface area (Å²) in [4.78, 5) is 3.34. The molecule has 0 aliphatic rings. The fraction of sp³-hybridized carbons (Fsp3) is 0. The first-order valence-corrected chi connectivity index (χ1v) is 2.97. The zero-order valence-corrected chi connectivity index (χ0v) is 6.65. The van der Waals surface area contributed by atoms with Gasteiger partial charge in [-0.1, -0.05) is 0 Å². The van der Waals surface area contributed by atoms with E-state index in [0.29, 0.717) is 3.00 Å². The Balaban J connectivity index is 3.26. The van der Waals surface area contributed by atoms with Crippen LogP contribution in [0.1, 0.15) is 0 Å². The third kappa shape index (κ3) is 4.85.